The first-order chi connectivity index (χ1) is 6.42. The van der Waals surface area contributed by atoms with Gasteiger partial charge in [0.2, 0.25) is 0 Å². The highest BCUT2D eigenvalue weighted by atomic mass is 16.5. The van der Waals surface area contributed by atoms with Gasteiger partial charge >= 0.3 is 0 Å². The second kappa shape index (κ2) is 3.69. The van der Waals surface area contributed by atoms with E-state index in [1.165, 1.54) is 24.1 Å². The fourth-order valence-electron chi connectivity index (χ4n) is 1.75. The molecule has 1 heterocycles. The fourth-order valence-corrected chi connectivity index (χ4v) is 1.75. The lowest BCUT2D eigenvalue weighted by Gasteiger charge is -2.20. The van der Waals surface area contributed by atoms with Crippen LogP contribution < -0.4 is 10.1 Å². The summed E-state index contributed by atoms with van der Waals surface area (Å²) in [5.41, 5.74) is 2.59. The molecule has 2 nitrogen and oxygen atoms in total. The van der Waals surface area contributed by atoms with Crippen LogP contribution in [-0.2, 0) is 6.42 Å². The standard InChI is InChI=1S/C11H15NO/c1-2-13-10-7-3-5-9-6-4-8-12-11(9)10/h3,5,7,12H,2,4,6,8H2,1H3. The Labute approximate surface area is 78.9 Å². The lowest BCUT2D eigenvalue weighted by molar-refractivity contribution is 0.341. The van der Waals surface area contributed by atoms with Gasteiger partial charge in [-0.15, -0.1) is 0 Å². The molecule has 1 aromatic carbocycles. The van der Waals surface area contributed by atoms with Crippen molar-refractivity contribution in [2.45, 2.75) is 19.8 Å². The summed E-state index contributed by atoms with van der Waals surface area (Å²) in [6, 6.07) is 6.27. The van der Waals surface area contributed by atoms with Crippen molar-refractivity contribution in [2.75, 3.05) is 18.5 Å². The van der Waals surface area contributed by atoms with E-state index in [9.17, 15) is 0 Å². The highest BCUT2D eigenvalue weighted by Crippen LogP contribution is 2.31. The number of fused-ring (bicyclic) bond motifs is 1. The van der Waals surface area contributed by atoms with E-state index in [1.54, 1.807) is 0 Å². The van der Waals surface area contributed by atoms with Gasteiger partial charge in [0.1, 0.15) is 5.75 Å². The number of benzene rings is 1. The minimum absolute atomic E-state index is 0.734. The molecule has 1 aliphatic heterocycles. The van der Waals surface area contributed by atoms with Gasteiger partial charge in [-0.25, -0.2) is 0 Å². The van der Waals surface area contributed by atoms with Crippen molar-refractivity contribution in [2.24, 2.45) is 0 Å². The summed E-state index contributed by atoms with van der Waals surface area (Å²) >= 11 is 0. The summed E-state index contributed by atoms with van der Waals surface area (Å²) in [4.78, 5) is 0. The molecule has 0 amide bonds. The SMILES string of the molecule is CCOc1cccc2c1NCCC2. The Hall–Kier alpha value is -1.18. The van der Waals surface area contributed by atoms with Crippen LogP contribution >= 0.6 is 0 Å². The molecule has 1 aliphatic rings. The number of aryl methyl sites for hydroxylation is 1. The molecule has 0 spiro atoms. The number of nitrogens with one attached hydrogen (secondary N) is 1. The van der Waals surface area contributed by atoms with Crippen molar-refractivity contribution in [3.63, 3.8) is 0 Å². The maximum Gasteiger partial charge on any atom is 0.142 e. The second-order valence-corrected chi connectivity index (χ2v) is 3.25. The van der Waals surface area contributed by atoms with Gasteiger partial charge in [0, 0.05) is 6.54 Å². The van der Waals surface area contributed by atoms with Crippen LogP contribution in [0.5, 0.6) is 5.75 Å². The second-order valence-electron chi connectivity index (χ2n) is 3.25. The zero-order chi connectivity index (χ0) is 9.10. The fraction of sp³-hybridized carbons (Fsp3) is 0.455. The van der Waals surface area contributed by atoms with Gasteiger partial charge < -0.3 is 10.1 Å². The molecule has 0 saturated heterocycles. The van der Waals surface area contributed by atoms with Crippen LogP contribution in [0.25, 0.3) is 0 Å². The van der Waals surface area contributed by atoms with Crippen LogP contribution in [0, 0.1) is 0 Å². The molecular weight excluding hydrogens is 162 g/mol. The minimum Gasteiger partial charge on any atom is -0.492 e. The van der Waals surface area contributed by atoms with E-state index in [1.807, 2.05) is 13.0 Å². The molecule has 0 aromatic heterocycles. The molecule has 0 aliphatic carbocycles. The third kappa shape index (κ3) is 1.62. The van der Waals surface area contributed by atoms with E-state index in [2.05, 4.69) is 17.4 Å². The summed E-state index contributed by atoms with van der Waals surface area (Å²) in [7, 11) is 0. The molecule has 2 rings (SSSR count). The van der Waals surface area contributed by atoms with Crippen LogP contribution in [0.2, 0.25) is 0 Å². The van der Waals surface area contributed by atoms with Crippen molar-refractivity contribution in [1.82, 2.24) is 0 Å². The molecule has 1 aromatic rings. The van der Waals surface area contributed by atoms with E-state index < -0.39 is 0 Å². The molecule has 70 valence electrons. The van der Waals surface area contributed by atoms with Crippen LogP contribution in [0.4, 0.5) is 5.69 Å². The van der Waals surface area contributed by atoms with E-state index in [0.717, 1.165) is 18.9 Å². The number of hydrogen-bond donors (Lipinski definition) is 1. The maximum absolute atomic E-state index is 5.54. The topological polar surface area (TPSA) is 21.3 Å². The van der Waals surface area contributed by atoms with Crippen molar-refractivity contribution >= 4 is 5.69 Å². The van der Waals surface area contributed by atoms with E-state index in [0.29, 0.717) is 0 Å². The Morgan fingerprint density at radius 3 is 3.23 bits per heavy atom. The summed E-state index contributed by atoms with van der Waals surface area (Å²) in [5.74, 6) is 1.000. The molecule has 2 heteroatoms. The molecule has 1 N–H and O–H groups in total. The molecule has 0 bridgehead atoms. The van der Waals surface area contributed by atoms with Crippen LogP contribution in [0.15, 0.2) is 18.2 Å². The minimum atomic E-state index is 0.734. The molecule has 0 saturated carbocycles. The Morgan fingerprint density at radius 1 is 1.46 bits per heavy atom. The summed E-state index contributed by atoms with van der Waals surface area (Å²) in [6.07, 6.45) is 2.39. The lowest BCUT2D eigenvalue weighted by Crippen LogP contribution is -2.12. The maximum atomic E-state index is 5.54. The van der Waals surface area contributed by atoms with E-state index in [-0.39, 0.29) is 0 Å². The Morgan fingerprint density at radius 2 is 2.38 bits per heavy atom. The lowest BCUT2D eigenvalue weighted by atomic mass is 10.0. The highest BCUT2D eigenvalue weighted by Gasteiger charge is 2.12. The van der Waals surface area contributed by atoms with E-state index in [4.69, 9.17) is 4.74 Å². The monoisotopic (exact) mass is 177 g/mol. The van der Waals surface area contributed by atoms with Gasteiger partial charge in [-0.3, -0.25) is 0 Å². The normalized spacial score (nSPS) is 14.5. The number of anilines is 1. The van der Waals surface area contributed by atoms with Crippen LogP contribution in [0.3, 0.4) is 0 Å². The summed E-state index contributed by atoms with van der Waals surface area (Å²) in [6.45, 7) is 3.82. The third-order valence-electron chi connectivity index (χ3n) is 2.34. The van der Waals surface area contributed by atoms with Crippen molar-refractivity contribution in [3.8, 4) is 5.75 Å². The molecule has 0 atom stereocenters. The first-order valence-corrected chi connectivity index (χ1v) is 4.90. The van der Waals surface area contributed by atoms with Crippen LogP contribution in [-0.4, -0.2) is 13.2 Å². The molecule has 13 heavy (non-hydrogen) atoms. The van der Waals surface area contributed by atoms with Gasteiger partial charge in [-0.05, 0) is 31.4 Å². The number of hydrogen-bond acceptors (Lipinski definition) is 2. The van der Waals surface area contributed by atoms with Gasteiger partial charge in [-0.1, -0.05) is 12.1 Å². The van der Waals surface area contributed by atoms with Gasteiger partial charge in [0.15, 0.2) is 0 Å². The smallest absolute Gasteiger partial charge is 0.142 e. The molecule has 0 unspecified atom stereocenters. The van der Waals surface area contributed by atoms with E-state index >= 15 is 0 Å². The van der Waals surface area contributed by atoms with Crippen LogP contribution in [0.1, 0.15) is 18.9 Å². The Balaban J connectivity index is 2.34. The zero-order valence-electron chi connectivity index (χ0n) is 7.97. The van der Waals surface area contributed by atoms with Gasteiger partial charge in [-0.2, -0.15) is 0 Å². The zero-order valence-corrected chi connectivity index (χ0v) is 7.97. The first-order valence-electron chi connectivity index (χ1n) is 4.90. The number of para-hydroxylation sites is 1. The average molecular weight is 177 g/mol. The summed E-state index contributed by atoms with van der Waals surface area (Å²) in [5, 5.41) is 3.39. The van der Waals surface area contributed by atoms with Crippen molar-refractivity contribution in [3.05, 3.63) is 23.8 Å². The molecule has 0 radical (unpaired) electrons. The van der Waals surface area contributed by atoms with Gasteiger partial charge in [0.05, 0.1) is 12.3 Å². The van der Waals surface area contributed by atoms with Crippen molar-refractivity contribution < 1.29 is 4.74 Å². The Kier molecular flexibility index (Phi) is 2.39. The highest BCUT2D eigenvalue weighted by molar-refractivity contribution is 5.63. The van der Waals surface area contributed by atoms with Gasteiger partial charge in [0.25, 0.3) is 0 Å². The quantitative estimate of drug-likeness (QED) is 0.749. The van der Waals surface area contributed by atoms with Crippen molar-refractivity contribution in [1.29, 1.82) is 0 Å². The largest absolute Gasteiger partial charge is 0.492 e. The first kappa shape index (κ1) is 8.42. The predicted octanol–water partition coefficient (Wildman–Crippen LogP) is 2.44. The number of rotatable bonds is 2. The molecule has 0 fully saturated rings. The molecular formula is C11H15NO. The number of ether oxygens (including phenoxy) is 1. The summed E-state index contributed by atoms with van der Waals surface area (Å²) < 4.78 is 5.54. The average Bonchev–Trinajstić information content (AvgIpc) is 2.19. The Bertz CT molecular complexity index is 296. The third-order valence-corrected chi connectivity index (χ3v) is 2.34. The predicted molar refractivity (Wildman–Crippen MR) is 54.4 cm³/mol.